The van der Waals surface area contributed by atoms with Crippen LogP contribution in [0.1, 0.15) is 71.3 Å². The highest BCUT2D eigenvalue weighted by Crippen LogP contribution is 2.38. The number of likely N-dealkylation sites (tertiary alicyclic amines) is 1. The Morgan fingerprint density at radius 3 is 2.53 bits per heavy atom. The van der Waals surface area contributed by atoms with E-state index >= 15 is 0 Å². The van der Waals surface area contributed by atoms with Gasteiger partial charge in [0, 0.05) is 47.0 Å². The molecule has 1 aromatic heterocycles. The zero-order valence-corrected chi connectivity index (χ0v) is 24.5. The third kappa shape index (κ3) is 6.52. The number of carbonyl (C=O) groups is 2. The molecule has 1 atom stereocenters. The van der Waals surface area contributed by atoms with E-state index in [0.717, 1.165) is 42.9 Å². The molecule has 4 aromatic rings. The summed E-state index contributed by atoms with van der Waals surface area (Å²) < 4.78 is 0. The lowest BCUT2D eigenvalue weighted by atomic mass is 9.98. The SMILES string of the molecule is CC[C@@H](NC(=O)c1ccc2c(c1)C(=C(Nc1cccc(CN3CCCCC3)c1)c1cccnc1)C(=O)N2)c1ccccc1. The first-order valence-corrected chi connectivity index (χ1v) is 15.1. The van der Waals surface area contributed by atoms with Crippen LogP contribution in [0.15, 0.2) is 97.3 Å². The van der Waals surface area contributed by atoms with Crippen molar-refractivity contribution in [3.05, 3.63) is 125 Å². The number of piperidine rings is 1. The van der Waals surface area contributed by atoms with Crippen LogP contribution < -0.4 is 16.0 Å². The van der Waals surface area contributed by atoms with Gasteiger partial charge in [0.15, 0.2) is 0 Å². The fourth-order valence-corrected chi connectivity index (χ4v) is 5.96. The van der Waals surface area contributed by atoms with Gasteiger partial charge in [0.2, 0.25) is 0 Å². The minimum Gasteiger partial charge on any atom is -0.354 e. The minimum atomic E-state index is -0.223. The van der Waals surface area contributed by atoms with Crippen LogP contribution in [-0.2, 0) is 11.3 Å². The zero-order valence-electron chi connectivity index (χ0n) is 24.5. The van der Waals surface area contributed by atoms with E-state index in [1.165, 1.54) is 24.8 Å². The normalized spacial score (nSPS) is 16.6. The molecular weight excluding hydrogens is 534 g/mol. The molecule has 3 N–H and O–H groups in total. The molecule has 2 aliphatic rings. The molecule has 2 amide bonds. The van der Waals surface area contributed by atoms with Gasteiger partial charge >= 0.3 is 0 Å². The van der Waals surface area contributed by atoms with E-state index in [-0.39, 0.29) is 17.9 Å². The Kier molecular flexibility index (Phi) is 8.61. The second-order valence-electron chi connectivity index (χ2n) is 11.2. The molecule has 0 aliphatic carbocycles. The quantitative estimate of drug-likeness (QED) is 0.191. The van der Waals surface area contributed by atoms with Crippen LogP contribution in [0.25, 0.3) is 11.3 Å². The number of benzene rings is 3. The van der Waals surface area contributed by atoms with Crippen LogP contribution in [0, 0.1) is 0 Å². The van der Waals surface area contributed by atoms with Crippen molar-refractivity contribution in [2.24, 2.45) is 0 Å². The molecule has 3 heterocycles. The van der Waals surface area contributed by atoms with E-state index < -0.39 is 0 Å². The number of hydrogen-bond acceptors (Lipinski definition) is 5. The number of rotatable bonds is 9. The lowest BCUT2D eigenvalue weighted by Gasteiger charge is -2.26. The van der Waals surface area contributed by atoms with E-state index in [0.29, 0.717) is 28.1 Å². The van der Waals surface area contributed by atoms with Crippen molar-refractivity contribution in [2.45, 2.75) is 45.2 Å². The Morgan fingerprint density at radius 2 is 1.77 bits per heavy atom. The standard InChI is InChI=1S/C36H37N5O2/c1-2-31(26-12-5-3-6-13-26)39-35(42)27-16-17-32-30(22-27)33(36(43)40-32)34(28-14-10-18-37-23-28)38-29-15-9-11-25(21-29)24-41-19-7-4-8-20-41/h3,5-6,9-18,21-23,31,38H,2,4,7-8,19-20,24H2,1H3,(H,39,42)(H,40,43)/t31-/m1/s1. The largest absolute Gasteiger partial charge is 0.354 e. The van der Waals surface area contributed by atoms with Gasteiger partial charge in [0.05, 0.1) is 17.3 Å². The Bertz CT molecular complexity index is 1630. The summed E-state index contributed by atoms with van der Waals surface area (Å²) in [5.41, 5.74) is 6.94. The van der Waals surface area contributed by atoms with Crippen molar-refractivity contribution < 1.29 is 9.59 Å². The van der Waals surface area contributed by atoms with Crippen molar-refractivity contribution in [2.75, 3.05) is 23.7 Å². The van der Waals surface area contributed by atoms with Gasteiger partial charge in [-0.2, -0.15) is 0 Å². The summed E-state index contributed by atoms with van der Waals surface area (Å²) in [4.78, 5) is 33.8. The third-order valence-electron chi connectivity index (χ3n) is 8.19. The minimum absolute atomic E-state index is 0.110. The van der Waals surface area contributed by atoms with Crippen LogP contribution >= 0.6 is 0 Å². The maximum absolute atomic E-state index is 13.5. The highest BCUT2D eigenvalue weighted by atomic mass is 16.2. The molecule has 0 saturated carbocycles. The molecule has 0 bridgehead atoms. The molecular formula is C36H37N5O2. The van der Waals surface area contributed by atoms with Gasteiger partial charge in [0.1, 0.15) is 0 Å². The highest BCUT2D eigenvalue weighted by molar-refractivity contribution is 6.37. The maximum Gasteiger partial charge on any atom is 0.258 e. The fourth-order valence-electron chi connectivity index (χ4n) is 5.96. The Balaban J connectivity index is 1.34. The fraction of sp³-hybridized carbons (Fsp3) is 0.250. The Morgan fingerprint density at radius 1 is 0.930 bits per heavy atom. The summed E-state index contributed by atoms with van der Waals surface area (Å²) >= 11 is 0. The Labute approximate surface area is 253 Å². The molecule has 3 aromatic carbocycles. The molecule has 7 nitrogen and oxygen atoms in total. The monoisotopic (exact) mass is 571 g/mol. The lowest BCUT2D eigenvalue weighted by Crippen LogP contribution is -2.29. The first-order valence-electron chi connectivity index (χ1n) is 15.1. The van der Waals surface area contributed by atoms with E-state index in [1.54, 1.807) is 30.6 Å². The number of fused-ring (bicyclic) bond motifs is 1. The first kappa shape index (κ1) is 28.4. The third-order valence-corrected chi connectivity index (χ3v) is 8.19. The molecule has 1 fully saturated rings. The predicted molar refractivity (Wildman–Crippen MR) is 172 cm³/mol. The molecule has 218 valence electrons. The molecule has 1 saturated heterocycles. The number of nitrogens with one attached hydrogen (secondary N) is 3. The van der Waals surface area contributed by atoms with Gasteiger partial charge in [-0.15, -0.1) is 0 Å². The van der Waals surface area contributed by atoms with Gasteiger partial charge < -0.3 is 16.0 Å². The van der Waals surface area contributed by atoms with Crippen molar-refractivity contribution in [3.8, 4) is 0 Å². The lowest BCUT2D eigenvalue weighted by molar-refractivity contribution is -0.110. The van der Waals surface area contributed by atoms with Gasteiger partial charge in [-0.1, -0.05) is 55.8 Å². The van der Waals surface area contributed by atoms with Crippen LogP contribution in [-0.4, -0.2) is 34.8 Å². The molecule has 43 heavy (non-hydrogen) atoms. The maximum atomic E-state index is 13.5. The molecule has 7 heteroatoms. The summed E-state index contributed by atoms with van der Waals surface area (Å²) in [5, 5.41) is 9.72. The van der Waals surface area contributed by atoms with Crippen LogP contribution in [0.3, 0.4) is 0 Å². The van der Waals surface area contributed by atoms with Gasteiger partial charge in [0.25, 0.3) is 11.8 Å². The van der Waals surface area contributed by atoms with Crippen molar-refractivity contribution in [3.63, 3.8) is 0 Å². The average molecular weight is 572 g/mol. The summed E-state index contributed by atoms with van der Waals surface area (Å²) in [5.74, 6) is -0.405. The first-order chi connectivity index (χ1) is 21.1. The van der Waals surface area contributed by atoms with E-state index in [9.17, 15) is 9.59 Å². The number of amides is 2. The van der Waals surface area contributed by atoms with E-state index in [4.69, 9.17) is 0 Å². The predicted octanol–water partition coefficient (Wildman–Crippen LogP) is 6.88. The second-order valence-corrected chi connectivity index (χ2v) is 11.2. The topological polar surface area (TPSA) is 86.4 Å². The van der Waals surface area contributed by atoms with Crippen LogP contribution in [0.5, 0.6) is 0 Å². The number of aromatic nitrogens is 1. The van der Waals surface area contributed by atoms with E-state index in [1.807, 2.05) is 48.5 Å². The van der Waals surface area contributed by atoms with Crippen molar-refractivity contribution >= 4 is 34.5 Å². The van der Waals surface area contributed by atoms with E-state index in [2.05, 4.69) is 51.0 Å². The van der Waals surface area contributed by atoms with Crippen LogP contribution in [0.2, 0.25) is 0 Å². The molecule has 0 spiro atoms. The highest BCUT2D eigenvalue weighted by Gasteiger charge is 2.30. The second kappa shape index (κ2) is 13.0. The zero-order chi connectivity index (χ0) is 29.6. The summed E-state index contributed by atoms with van der Waals surface area (Å²) in [7, 11) is 0. The average Bonchev–Trinajstić information content (AvgIpc) is 3.38. The van der Waals surface area contributed by atoms with Gasteiger partial charge in [-0.25, -0.2) is 0 Å². The molecule has 2 aliphatic heterocycles. The smallest absolute Gasteiger partial charge is 0.258 e. The number of pyridine rings is 1. The number of nitrogens with zero attached hydrogens (tertiary/aromatic N) is 2. The molecule has 0 radical (unpaired) electrons. The molecule has 0 unspecified atom stereocenters. The van der Waals surface area contributed by atoms with Crippen LogP contribution in [0.4, 0.5) is 11.4 Å². The van der Waals surface area contributed by atoms with Crippen molar-refractivity contribution in [1.29, 1.82) is 0 Å². The number of anilines is 2. The number of carbonyl (C=O) groups excluding carboxylic acids is 2. The van der Waals surface area contributed by atoms with Crippen molar-refractivity contribution in [1.82, 2.24) is 15.2 Å². The molecule has 6 rings (SSSR count). The summed E-state index contributed by atoms with van der Waals surface area (Å²) in [6.45, 7) is 5.20. The summed E-state index contributed by atoms with van der Waals surface area (Å²) in [6.07, 6.45) is 8.02. The Hall–Kier alpha value is -4.75. The van der Waals surface area contributed by atoms with Gasteiger partial charge in [-0.05, 0) is 85.9 Å². The van der Waals surface area contributed by atoms with Gasteiger partial charge in [-0.3, -0.25) is 19.5 Å². The number of hydrogen-bond donors (Lipinski definition) is 3. The summed E-state index contributed by atoms with van der Waals surface area (Å²) in [6, 6.07) is 27.4.